The number of carbonyl (C=O) groups is 1. The fourth-order valence-electron chi connectivity index (χ4n) is 5.11. The number of nitriles is 1. The van der Waals surface area contributed by atoms with Crippen LogP contribution in [0.1, 0.15) is 40.0 Å². The highest BCUT2D eigenvalue weighted by Crippen LogP contribution is 2.35. The Morgan fingerprint density at radius 3 is 2.72 bits per heavy atom. The van der Waals surface area contributed by atoms with Gasteiger partial charge in [0.1, 0.15) is 10.6 Å². The van der Waals surface area contributed by atoms with Crippen LogP contribution in [0.3, 0.4) is 0 Å². The second-order valence-electron chi connectivity index (χ2n) is 9.88. The number of nitrogens with one attached hydrogen (secondary N) is 2. The van der Waals surface area contributed by atoms with Gasteiger partial charge in [-0.3, -0.25) is 15.0 Å². The fourth-order valence-corrected chi connectivity index (χ4v) is 6.17. The predicted molar refractivity (Wildman–Crippen MR) is 142 cm³/mol. The molecule has 5 rings (SSSR count). The van der Waals surface area contributed by atoms with Gasteiger partial charge in [0.15, 0.2) is 6.67 Å². The molecule has 0 unspecified atom stereocenters. The van der Waals surface area contributed by atoms with Crippen molar-refractivity contribution in [2.24, 2.45) is 0 Å². The fraction of sp³-hybridized carbons (Fsp3) is 0.407. The summed E-state index contributed by atoms with van der Waals surface area (Å²) >= 11 is 0.876. The van der Waals surface area contributed by atoms with Crippen LogP contribution in [0.25, 0.3) is 16.3 Å². The van der Waals surface area contributed by atoms with Crippen molar-refractivity contribution in [2.45, 2.75) is 51.4 Å². The first kappa shape index (κ1) is 27.0. The minimum absolute atomic E-state index is 0.0114. The molecule has 1 aliphatic heterocycles. The number of rotatable bonds is 7. The van der Waals surface area contributed by atoms with Gasteiger partial charge in [-0.2, -0.15) is 23.4 Å². The summed E-state index contributed by atoms with van der Waals surface area (Å²) in [5.41, 5.74) is 5.51. The Labute approximate surface area is 226 Å². The molecule has 39 heavy (non-hydrogen) atoms. The van der Waals surface area contributed by atoms with Crippen molar-refractivity contribution in [2.75, 3.05) is 30.4 Å². The molecule has 7 nitrogen and oxygen atoms in total. The number of benzene rings is 1. The Hall–Kier alpha value is -3.56. The van der Waals surface area contributed by atoms with E-state index in [9.17, 15) is 27.6 Å². The number of allylic oxidation sites excluding steroid dienone is 1. The zero-order valence-electron chi connectivity index (χ0n) is 21.2. The maximum atomic E-state index is 13.0. The number of alkyl halides is 4. The van der Waals surface area contributed by atoms with E-state index in [0.29, 0.717) is 22.5 Å². The van der Waals surface area contributed by atoms with Crippen LogP contribution < -0.4 is 10.6 Å². The molecule has 2 aromatic heterocycles. The van der Waals surface area contributed by atoms with Crippen LogP contribution >= 0.6 is 11.3 Å². The summed E-state index contributed by atoms with van der Waals surface area (Å²) in [6, 6.07) is 7.92. The SMILES string of the molecule is Cc1c(CN2CCC(Nc3nc(NC(=O)CF)nc4sc(CC(F)(F)F)cc34)CC2)ccc2c1C=C(C#N)C2. The number of carbonyl (C=O) groups excluding carboxylic acids is 1. The molecular formula is C27H26F4N6OS. The van der Waals surface area contributed by atoms with Crippen molar-refractivity contribution in [3.63, 3.8) is 0 Å². The highest BCUT2D eigenvalue weighted by Gasteiger charge is 2.30. The minimum Gasteiger partial charge on any atom is -0.367 e. The highest BCUT2D eigenvalue weighted by atomic mass is 32.1. The van der Waals surface area contributed by atoms with Crippen LogP contribution in [0.4, 0.5) is 29.3 Å². The van der Waals surface area contributed by atoms with Gasteiger partial charge >= 0.3 is 6.18 Å². The smallest absolute Gasteiger partial charge is 0.367 e. The van der Waals surface area contributed by atoms with Gasteiger partial charge in [0.25, 0.3) is 5.91 Å². The zero-order valence-corrected chi connectivity index (χ0v) is 22.0. The summed E-state index contributed by atoms with van der Waals surface area (Å²) in [6.07, 6.45) is -1.25. The third kappa shape index (κ3) is 6.20. The summed E-state index contributed by atoms with van der Waals surface area (Å²) in [7, 11) is 0. The van der Waals surface area contributed by atoms with Gasteiger partial charge in [0.05, 0.1) is 17.9 Å². The Bertz CT molecular complexity index is 1480. The number of fused-ring (bicyclic) bond motifs is 2. The van der Waals surface area contributed by atoms with Crippen molar-refractivity contribution >= 4 is 45.3 Å². The van der Waals surface area contributed by atoms with Crippen LogP contribution in [0.5, 0.6) is 0 Å². The lowest BCUT2D eigenvalue weighted by molar-refractivity contribution is -0.126. The number of thiophene rings is 1. The van der Waals surface area contributed by atoms with E-state index in [2.05, 4.69) is 50.6 Å². The van der Waals surface area contributed by atoms with Crippen molar-refractivity contribution in [1.29, 1.82) is 5.26 Å². The van der Waals surface area contributed by atoms with Crippen LogP contribution in [0, 0.1) is 18.3 Å². The molecule has 0 atom stereocenters. The first-order valence-corrected chi connectivity index (χ1v) is 13.4. The topological polar surface area (TPSA) is 93.9 Å². The third-order valence-electron chi connectivity index (χ3n) is 7.07. The molecule has 1 amide bonds. The Balaban J connectivity index is 1.28. The summed E-state index contributed by atoms with van der Waals surface area (Å²) in [6.45, 7) is 3.22. The number of amides is 1. The number of aromatic nitrogens is 2. The van der Waals surface area contributed by atoms with E-state index in [0.717, 1.165) is 54.9 Å². The lowest BCUT2D eigenvalue weighted by Crippen LogP contribution is -2.39. The van der Waals surface area contributed by atoms with E-state index < -0.39 is 25.2 Å². The number of anilines is 2. The number of nitrogens with zero attached hydrogens (tertiary/aromatic N) is 4. The monoisotopic (exact) mass is 558 g/mol. The molecule has 1 aliphatic carbocycles. The van der Waals surface area contributed by atoms with Gasteiger partial charge in [-0.1, -0.05) is 12.1 Å². The van der Waals surface area contributed by atoms with Gasteiger partial charge < -0.3 is 5.32 Å². The first-order valence-electron chi connectivity index (χ1n) is 12.6. The largest absolute Gasteiger partial charge is 0.393 e. The minimum atomic E-state index is -4.37. The molecule has 12 heteroatoms. The maximum absolute atomic E-state index is 13.0. The van der Waals surface area contributed by atoms with Crippen molar-refractivity contribution in [3.8, 4) is 6.07 Å². The Kier molecular flexibility index (Phi) is 7.55. The van der Waals surface area contributed by atoms with E-state index in [1.807, 2.05) is 6.08 Å². The maximum Gasteiger partial charge on any atom is 0.393 e. The molecule has 2 aliphatic rings. The van der Waals surface area contributed by atoms with Crippen LogP contribution in [0.15, 0.2) is 23.8 Å². The van der Waals surface area contributed by atoms with Crippen molar-refractivity contribution in [3.05, 3.63) is 50.9 Å². The van der Waals surface area contributed by atoms with Gasteiger partial charge in [0.2, 0.25) is 5.95 Å². The summed E-state index contributed by atoms with van der Waals surface area (Å²) < 4.78 is 51.7. The molecule has 0 radical (unpaired) electrons. The molecule has 1 fully saturated rings. The van der Waals surface area contributed by atoms with Crippen molar-refractivity contribution in [1.82, 2.24) is 14.9 Å². The lowest BCUT2D eigenvalue weighted by atomic mass is 9.97. The molecule has 1 saturated heterocycles. The standard InChI is InChI=1S/C27H26F4N6OS/c1-15-18(3-2-17-8-16(13-32)9-21(15)17)14-37-6-4-19(5-7-37)33-24-22-10-20(11-27(29,30)31)39-25(22)36-26(35-24)34-23(38)12-28/h2-3,9-10,19H,4-8,11-12,14H2,1H3,(H2,33,34,35,36,38). The first-order chi connectivity index (χ1) is 18.6. The van der Waals surface area contributed by atoms with E-state index in [1.54, 1.807) is 0 Å². The molecule has 0 spiro atoms. The summed E-state index contributed by atoms with van der Waals surface area (Å²) in [5, 5.41) is 15.3. The molecule has 204 valence electrons. The normalized spacial score (nSPS) is 16.2. The van der Waals surface area contributed by atoms with Crippen LogP contribution in [0.2, 0.25) is 0 Å². The average Bonchev–Trinajstić information content (AvgIpc) is 3.49. The van der Waals surface area contributed by atoms with E-state index in [4.69, 9.17) is 0 Å². The number of piperidine rings is 1. The van der Waals surface area contributed by atoms with Crippen LogP contribution in [-0.2, 0) is 24.2 Å². The second kappa shape index (κ2) is 10.9. The van der Waals surface area contributed by atoms with Crippen molar-refractivity contribution < 1.29 is 22.4 Å². The second-order valence-corrected chi connectivity index (χ2v) is 11.0. The predicted octanol–water partition coefficient (Wildman–Crippen LogP) is 5.55. The van der Waals surface area contributed by atoms with Gasteiger partial charge in [-0.05, 0) is 54.2 Å². The van der Waals surface area contributed by atoms with Gasteiger partial charge in [-0.15, -0.1) is 11.3 Å². The summed E-state index contributed by atoms with van der Waals surface area (Å²) in [4.78, 5) is 22.7. The number of likely N-dealkylation sites (tertiary alicyclic amines) is 1. The zero-order chi connectivity index (χ0) is 27.7. The van der Waals surface area contributed by atoms with Gasteiger partial charge in [0, 0.05) is 42.5 Å². The van der Waals surface area contributed by atoms with Gasteiger partial charge in [-0.25, -0.2) is 9.37 Å². The Morgan fingerprint density at radius 2 is 2.03 bits per heavy atom. The Morgan fingerprint density at radius 1 is 1.26 bits per heavy atom. The molecule has 0 saturated carbocycles. The van der Waals surface area contributed by atoms with E-state index >= 15 is 0 Å². The molecule has 0 bridgehead atoms. The molecule has 3 heterocycles. The average molecular weight is 559 g/mol. The quantitative estimate of drug-likeness (QED) is 0.369. The summed E-state index contributed by atoms with van der Waals surface area (Å²) in [5.74, 6) is -0.750. The number of hydrogen-bond acceptors (Lipinski definition) is 7. The third-order valence-corrected chi connectivity index (χ3v) is 8.10. The van der Waals surface area contributed by atoms with Crippen LogP contribution in [-0.4, -0.2) is 52.8 Å². The lowest BCUT2D eigenvalue weighted by Gasteiger charge is -2.33. The number of hydrogen-bond donors (Lipinski definition) is 2. The van der Waals surface area contributed by atoms with E-state index in [-0.39, 0.29) is 16.9 Å². The molecule has 3 aromatic rings. The van der Waals surface area contributed by atoms with E-state index in [1.165, 1.54) is 22.8 Å². The molecule has 2 N–H and O–H groups in total. The highest BCUT2D eigenvalue weighted by molar-refractivity contribution is 7.18. The number of halogens is 4. The molecule has 1 aromatic carbocycles. The molecular weight excluding hydrogens is 532 g/mol.